The molecule has 78 valence electrons. The van der Waals surface area contributed by atoms with Gasteiger partial charge in [0.15, 0.2) is 0 Å². The number of hydrogen-bond donors (Lipinski definition) is 0. The zero-order valence-corrected chi connectivity index (χ0v) is 9.36. The average molecular weight is 201 g/mol. The van der Waals surface area contributed by atoms with Crippen molar-refractivity contribution < 1.29 is 0 Å². The van der Waals surface area contributed by atoms with E-state index in [9.17, 15) is 0 Å². The van der Waals surface area contributed by atoms with E-state index < -0.39 is 0 Å². The number of hydrogen-bond acceptors (Lipinski definition) is 2. The van der Waals surface area contributed by atoms with Crippen molar-refractivity contribution in [1.82, 2.24) is 15.0 Å². The maximum absolute atomic E-state index is 4.16. The molecule has 1 aromatic heterocycles. The third kappa shape index (κ3) is 1.91. The van der Waals surface area contributed by atoms with Crippen LogP contribution in [0.1, 0.15) is 18.1 Å². The molecule has 2 aromatic rings. The molecule has 0 amide bonds. The highest BCUT2D eigenvalue weighted by Crippen LogP contribution is 2.21. The molecule has 0 spiro atoms. The predicted octanol–water partition coefficient (Wildman–Crippen LogP) is 2.58. The molecule has 0 unspecified atom stereocenters. The number of aryl methyl sites for hydroxylation is 3. The van der Waals surface area contributed by atoms with Crippen molar-refractivity contribution in [2.45, 2.75) is 27.3 Å². The zero-order chi connectivity index (χ0) is 10.8. The van der Waals surface area contributed by atoms with Crippen LogP contribution in [-0.4, -0.2) is 15.0 Å². The molecule has 0 saturated heterocycles. The molecule has 15 heavy (non-hydrogen) atoms. The third-order valence-corrected chi connectivity index (χ3v) is 2.52. The largest absolute Gasteiger partial charge is 0.252 e. The van der Waals surface area contributed by atoms with Crippen LogP contribution in [0.5, 0.6) is 0 Å². The van der Waals surface area contributed by atoms with Crippen LogP contribution in [0.15, 0.2) is 24.4 Å². The van der Waals surface area contributed by atoms with Crippen molar-refractivity contribution in [2.24, 2.45) is 0 Å². The minimum absolute atomic E-state index is 0.859. The molecular weight excluding hydrogens is 186 g/mol. The van der Waals surface area contributed by atoms with Gasteiger partial charge in [-0.25, -0.2) is 0 Å². The first-order valence-corrected chi connectivity index (χ1v) is 5.18. The maximum atomic E-state index is 4.16. The van der Waals surface area contributed by atoms with Gasteiger partial charge >= 0.3 is 0 Å². The highest BCUT2D eigenvalue weighted by molar-refractivity contribution is 5.62. The van der Waals surface area contributed by atoms with Gasteiger partial charge in [-0.15, -0.1) is 5.10 Å². The maximum Gasteiger partial charge on any atom is 0.113 e. The van der Waals surface area contributed by atoms with E-state index in [1.165, 1.54) is 16.7 Å². The zero-order valence-electron chi connectivity index (χ0n) is 9.36. The van der Waals surface area contributed by atoms with Crippen LogP contribution < -0.4 is 0 Å². The van der Waals surface area contributed by atoms with Crippen LogP contribution in [-0.2, 0) is 6.54 Å². The summed E-state index contributed by atoms with van der Waals surface area (Å²) in [5.41, 5.74) is 4.65. The van der Waals surface area contributed by atoms with Crippen LogP contribution in [0, 0.1) is 13.8 Å². The SMILES string of the molecule is CCn1cc(-c2ccc(C)cc2C)nn1. The fourth-order valence-electron chi connectivity index (χ4n) is 1.68. The summed E-state index contributed by atoms with van der Waals surface area (Å²) < 4.78 is 1.84. The topological polar surface area (TPSA) is 30.7 Å². The van der Waals surface area contributed by atoms with E-state index >= 15 is 0 Å². The fraction of sp³-hybridized carbons (Fsp3) is 0.333. The Morgan fingerprint density at radius 2 is 2.07 bits per heavy atom. The summed E-state index contributed by atoms with van der Waals surface area (Å²) in [7, 11) is 0. The van der Waals surface area contributed by atoms with Gasteiger partial charge < -0.3 is 0 Å². The Labute approximate surface area is 89.7 Å². The molecule has 0 aliphatic heterocycles. The Kier molecular flexibility index (Phi) is 2.54. The van der Waals surface area contributed by atoms with Gasteiger partial charge in [0.05, 0.1) is 6.20 Å². The smallest absolute Gasteiger partial charge is 0.113 e. The Bertz CT molecular complexity index is 471. The molecule has 1 aromatic carbocycles. The second-order valence-electron chi connectivity index (χ2n) is 3.78. The third-order valence-electron chi connectivity index (χ3n) is 2.52. The van der Waals surface area contributed by atoms with Crippen LogP contribution >= 0.6 is 0 Å². The Hall–Kier alpha value is -1.64. The van der Waals surface area contributed by atoms with Gasteiger partial charge in [0.1, 0.15) is 5.69 Å². The van der Waals surface area contributed by atoms with Crippen LogP contribution in [0.25, 0.3) is 11.3 Å². The number of benzene rings is 1. The van der Waals surface area contributed by atoms with E-state index in [1.54, 1.807) is 0 Å². The molecule has 2 rings (SSSR count). The summed E-state index contributed by atoms with van der Waals surface area (Å²) in [6.07, 6.45) is 1.98. The fourth-order valence-corrected chi connectivity index (χ4v) is 1.68. The summed E-state index contributed by atoms with van der Waals surface area (Å²) >= 11 is 0. The summed E-state index contributed by atoms with van der Waals surface area (Å²) in [6, 6.07) is 6.38. The molecule has 0 radical (unpaired) electrons. The molecule has 3 heteroatoms. The van der Waals surface area contributed by atoms with Crippen molar-refractivity contribution >= 4 is 0 Å². The lowest BCUT2D eigenvalue weighted by atomic mass is 10.0. The molecule has 0 N–H and O–H groups in total. The van der Waals surface area contributed by atoms with Crippen molar-refractivity contribution in [2.75, 3.05) is 0 Å². The number of rotatable bonds is 2. The van der Waals surface area contributed by atoms with Gasteiger partial charge in [-0.2, -0.15) is 0 Å². The predicted molar refractivity (Wildman–Crippen MR) is 60.6 cm³/mol. The summed E-state index contributed by atoms with van der Waals surface area (Å²) in [5.74, 6) is 0. The minimum Gasteiger partial charge on any atom is -0.252 e. The van der Waals surface area contributed by atoms with Crippen molar-refractivity contribution in [1.29, 1.82) is 0 Å². The minimum atomic E-state index is 0.859. The van der Waals surface area contributed by atoms with Crippen LogP contribution in [0.3, 0.4) is 0 Å². The van der Waals surface area contributed by atoms with E-state index in [2.05, 4.69) is 49.3 Å². The van der Waals surface area contributed by atoms with Gasteiger partial charge in [-0.3, -0.25) is 4.68 Å². The van der Waals surface area contributed by atoms with E-state index in [1.807, 2.05) is 10.9 Å². The lowest BCUT2D eigenvalue weighted by molar-refractivity contribution is 0.627. The summed E-state index contributed by atoms with van der Waals surface area (Å²) in [4.78, 5) is 0. The standard InChI is InChI=1S/C12H15N3/c1-4-15-8-12(13-14-15)11-6-5-9(2)7-10(11)3/h5-8H,4H2,1-3H3. The molecular formula is C12H15N3. The molecule has 0 aliphatic rings. The first kappa shape index (κ1) is 9.90. The molecule has 0 fully saturated rings. The van der Waals surface area contributed by atoms with E-state index in [4.69, 9.17) is 0 Å². The Morgan fingerprint density at radius 1 is 1.27 bits per heavy atom. The van der Waals surface area contributed by atoms with Gasteiger partial charge in [0.2, 0.25) is 0 Å². The highest BCUT2D eigenvalue weighted by Gasteiger charge is 2.05. The second kappa shape index (κ2) is 3.85. The molecule has 3 nitrogen and oxygen atoms in total. The second-order valence-corrected chi connectivity index (χ2v) is 3.78. The summed E-state index contributed by atoms with van der Waals surface area (Å²) in [5, 5.41) is 8.20. The van der Waals surface area contributed by atoms with E-state index in [0.717, 1.165) is 12.2 Å². The Morgan fingerprint density at radius 3 is 2.67 bits per heavy atom. The average Bonchev–Trinajstić information content (AvgIpc) is 2.66. The van der Waals surface area contributed by atoms with Crippen LogP contribution in [0.2, 0.25) is 0 Å². The van der Waals surface area contributed by atoms with Gasteiger partial charge in [0, 0.05) is 12.1 Å². The number of nitrogens with zero attached hydrogens (tertiary/aromatic N) is 3. The first-order valence-electron chi connectivity index (χ1n) is 5.18. The van der Waals surface area contributed by atoms with E-state index in [-0.39, 0.29) is 0 Å². The van der Waals surface area contributed by atoms with Crippen molar-refractivity contribution in [3.05, 3.63) is 35.5 Å². The molecule has 0 aliphatic carbocycles. The lowest BCUT2D eigenvalue weighted by Crippen LogP contribution is -1.93. The van der Waals surface area contributed by atoms with Gasteiger partial charge in [-0.05, 0) is 26.3 Å². The normalized spacial score (nSPS) is 10.6. The quantitative estimate of drug-likeness (QED) is 0.747. The van der Waals surface area contributed by atoms with Gasteiger partial charge in [0.25, 0.3) is 0 Å². The molecule has 0 bridgehead atoms. The van der Waals surface area contributed by atoms with Gasteiger partial charge in [-0.1, -0.05) is 29.0 Å². The first-order chi connectivity index (χ1) is 7.20. The van der Waals surface area contributed by atoms with E-state index in [0.29, 0.717) is 0 Å². The molecule has 0 saturated carbocycles. The highest BCUT2D eigenvalue weighted by atomic mass is 15.4. The summed E-state index contributed by atoms with van der Waals surface area (Å²) in [6.45, 7) is 7.12. The van der Waals surface area contributed by atoms with Crippen LogP contribution in [0.4, 0.5) is 0 Å². The lowest BCUT2D eigenvalue weighted by Gasteiger charge is -2.02. The number of aromatic nitrogens is 3. The molecule has 0 atom stereocenters. The van der Waals surface area contributed by atoms with Crippen molar-refractivity contribution in [3.8, 4) is 11.3 Å². The van der Waals surface area contributed by atoms with Crippen molar-refractivity contribution in [3.63, 3.8) is 0 Å². The Balaban J connectivity index is 2.44. The molecule has 1 heterocycles. The monoisotopic (exact) mass is 201 g/mol.